The normalized spacial score (nSPS) is 11.7. The van der Waals surface area contributed by atoms with E-state index in [4.69, 9.17) is 18.8 Å². The summed E-state index contributed by atoms with van der Waals surface area (Å²) in [6.45, 7) is 4.11. The van der Waals surface area contributed by atoms with E-state index in [0.717, 1.165) is 55.2 Å². The van der Waals surface area contributed by atoms with Crippen LogP contribution in [0.3, 0.4) is 0 Å². The topological polar surface area (TPSA) is 52.1 Å². The van der Waals surface area contributed by atoms with Gasteiger partial charge in [-0.25, -0.2) is 9.97 Å². The fourth-order valence-electron chi connectivity index (χ4n) is 3.91. The lowest BCUT2D eigenvalue weighted by molar-refractivity contribution is 0.619. The molecule has 0 N–H and O–H groups in total. The van der Waals surface area contributed by atoms with Gasteiger partial charge in [0, 0.05) is 11.1 Å². The van der Waals surface area contributed by atoms with Gasteiger partial charge in [0.2, 0.25) is 11.8 Å². The van der Waals surface area contributed by atoms with Crippen LogP contribution in [-0.2, 0) is 0 Å². The minimum atomic E-state index is 0.612. The molecule has 0 fully saturated rings. The van der Waals surface area contributed by atoms with Crippen molar-refractivity contribution in [3.63, 3.8) is 0 Å². The second-order valence-electron chi connectivity index (χ2n) is 7.72. The van der Waals surface area contributed by atoms with E-state index in [9.17, 15) is 0 Å². The van der Waals surface area contributed by atoms with Crippen molar-refractivity contribution in [3.8, 4) is 22.9 Å². The van der Waals surface area contributed by atoms with Gasteiger partial charge in [0.25, 0.3) is 0 Å². The van der Waals surface area contributed by atoms with Gasteiger partial charge in [-0.3, -0.25) is 0 Å². The molecule has 0 atom stereocenters. The fraction of sp³-hybridized carbons (Fsp3) is 0.0769. The first kappa shape index (κ1) is 17.0. The SMILES string of the molecule is Cc1ccc2oc(-c3ccc4cccc(-c5nc6cc(C)ccc6o5)c4c3)nc2c1. The standard InChI is InChI=1S/C26H18N2O2/c1-15-6-10-23-21(12-15)27-25(29-23)18-9-8-17-4-3-5-19(20(17)14-18)26-28-22-13-16(2)7-11-24(22)30-26/h3-14H,1-2H3. The van der Waals surface area contributed by atoms with E-state index in [1.54, 1.807) is 0 Å². The predicted octanol–water partition coefficient (Wildman–Crippen LogP) is 7.07. The third kappa shape index (κ3) is 2.69. The summed E-state index contributed by atoms with van der Waals surface area (Å²) >= 11 is 0. The molecule has 0 saturated carbocycles. The van der Waals surface area contributed by atoms with E-state index >= 15 is 0 Å². The quantitative estimate of drug-likeness (QED) is 0.317. The molecular formula is C26H18N2O2. The van der Waals surface area contributed by atoms with Crippen LogP contribution in [0.5, 0.6) is 0 Å². The molecule has 0 spiro atoms. The van der Waals surface area contributed by atoms with E-state index in [2.05, 4.69) is 32.0 Å². The summed E-state index contributed by atoms with van der Waals surface area (Å²) < 4.78 is 12.1. The van der Waals surface area contributed by atoms with Gasteiger partial charge in [-0.1, -0.05) is 30.3 Å². The summed E-state index contributed by atoms with van der Waals surface area (Å²) in [7, 11) is 0. The Bertz CT molecular complexity index is 1570. The number of aromatic nitrogens is 2. The average Bonchev–Trinajstić information content (AvgIpc) is 3.36. The monoisotopic (exact) mass is 390 g/mol. The lowest BCUT2D eigenvalue weighted by Gasteiger charge is -2.05. The van der Waals surface area contributed by atoms with Gasteiger partial charge in [0.15, 0.2) is 11.2 Å². The Kier molecular flexibility index (Phi) is 3.56. The summed E-state index contributed by atoms with van der Waals surface area (Å²) in [5.41, 5.74) is 7.52. The van der Waals surface area contributed by atoms with Crippen molar-refractivity contribution in [1.82, 2.24) is 9.97 Å². The smallest absolute Gasteiger partial charge is 0.227 e. The van der Waals surface area contributed by atoms with Crippen molar-refractivity contribution >= 4 is 33.0 Å². The first-order chi connectivity index (χ1) is 14.6. The first-order valence-electron chi connectivity index (χ1n) is 9.92. The molecule has 6 aromatic rings. The van der Waals surface area contributed by atoms with Gasteiger partial charge in [-0.05, 0) is 78.2 Å². The number of rotatable bonds is 2. The molecule has 0 aliphatic heterocycles. The van der Waals surface area contributed by atoms with Crippen LogP contribution in [0.2, 0.25) is 0 Å². The molecule has 0 saturated heterocycles. The Hall–Kier alpha value is -3.92. The van der Waals surface area contributed by atoms with Crippen molar-refractivity contribution in [3.05, 3.63) is 83.9 Å². The average molecular weight is 390 g/mol. The van der Waals surface area contributed by atoms with Crippen LogP contribution < -0.4 is 0 Å². The maximum atomic E-state index is 6.07. The van der Waals surface area contributed by atoms with E-state index in [0.29, 0.717) is 11.8 Å². The highest BCUT2D eigenvalue weighted by atomic mass is 16.4. The van der Waals surface area contributed by atoms with Gasteiger partial charge in [0.1, 0.15) is 11.0 Å². The van der Waals surface area contributed by atoms with Crippen LogP contribution >= 0.6 is 0 Å². The summed E-state index contributed by atoms with van der Waals surface area (Å²) in [4.78, 5) is 9.43. The zero-order chi connectivity index (χ0) is 20.2. The fourth-order valence-corrected chi connectivity index (χ4v) is 3.91. The second-order valence-corrected chi connectivity index (χ2v) is 7.72. The molecule has 4 nitrogen and oxygen atoms in total. The molecule has 2 heterocycles. The van der Waals surface area contributed by atoms with Gasteiger partial charge < -0.3 is 8.83 Å². The predicted molar refractivity (Wildman–Crippen MR) is 119 cm³/mol. The molecule has 0 aliphatic rings. The Balaban J connectivity index is 1.54. The zero-order valence-corrected chi connectivity index (χ0v) is 16.6. The number of aryl methyl sites for hydroxylation is 2. The largest absolute Gasteiger partial charge is 0.436 e. The molecule has 0 unspecified atom stereocenters. The molecule has 6 rings (SSSR count). The lowest BCUT2D eigenvalue weighted by Crippen LogP contribution is -1.84. The number of fused-ring (bicyclic) bond motifs is 3. The summed E-state index contributed by atoms with van der Waals surface area (Å²) in [5.74, 6) is 1.23. The highest BCUT2D eigenvalue weighted by molar-refractivity contribution is 5.98. The van der Waals surface area contributed by atoms with Crippen molar-refractivity contribution in [2.24, 2.45) is 0 Å². The number of benzene rings is 4. The van der Waals surface area contributed by atoms with Crippen molar-refractivity contribution in [2.75, 3.05) is 0 Å². The lowest BCUT2D eigenvalue weighted by atomic mass is 10.0. The number of hydrogen-bond donors (Lipinski definition) is 0. The van der Waals surface area contributed by atoms with Crippen LogP contribution in [0.1, 0.15) is 11.1 Å². The third-order valence-corrected chi connectivity index (χ3v) is 5.45. The second kappa shape index (κ2) is 6.29. The number of hydrogen-bond acceptors (Lipinski definition) is 4. The highest BCUT2D eigenvalue weighted by Crippen LogP contribution is 2.34. The summed E-state index contributed by atoms with van der Waals surface area (Å²) in [6, 6.07) is 24.5. The maximum Gasteiger partial charge on any atom is 0.227 e. The van der Waals surface area contributed by atoms with Gasteiger partial charge >= 0.3 is 0 Å². The third-order valence-electron chi connectivity index (χ3n) is 5.45. The van der Waals surface area contributed by atoms with E-state index in [1.807, 2.05) is 54.6 Å². The van der Waals surface area contributed by atoms with Crippen molar-refractivity contribution < 1.29 is 8.83 Å². The molecule has 0 amide bonds. The van der Waals surface area contributed by atoms with Gasteiger partial charge in [0.05, 0.1) is 0 Å². The highest BCUT2D eigenvalue weighted by Gasteiger charge is 2.14. The zero-order valence-electron chi connectivity index (χ0n) is 16.6. The first-order valence-corrected chi connectivity index (χ1v) is 9.92. The molecule has 4 heteroatoms. The minimum Gasteiger partial charge on any atom is -0.436 e. The van der Waals surface area contributed by atoms with Gasteiger partial charge in [-0.15, -0.1) is 0 Å². The van der Waals surface area contributed by atoms with Crippen molar-refractivity contribution in [2.45, 2.75) is 13.8 Å². The molecule has 0 bridgehead atoms. The van der Waals surface area contributed by atoms with E-state index < -0.39 is 0 Å². The molecular weight excluding hydrogens is 372 g/mol. The minimum absolute atomic E-state index is 0.612. The van der Waals surface area contributed by atoms with Crippen molar-refractivity contribution in [1.29, 1.82) is 0 Å². The summed E-state index contributed by atoms with van der Waals surface area (Å²) in [6.07, 6.45) is 0. The molecule has 0 aliphatic carbocycles. The summed E-state index contributed by atoms with van der Waals surface area (Å²) in [5, 5.41) is 2.17. The Morgan fingerprint density at radius 3 is 2.03 bits per heavy atom. The van der Waals surface area contributed by atoms with Gasteiger partial charge in [-0.2, -0.15) is 0 Å². The Morgan fingerprint density at radius 2 is 1.30 bits per heavy atom. The molecule has 144 valence electrons. The van der Waals surface area contributed by atoms with E-state index in [-0.39, 0.29) is 0 Å². The van der Waals surface area contributed by atoms with Crippen LogP contribution in [0.25, 0.3) is 55.9 Å². The number of nitrogens with zero attached hydrogens (tertiary/aromatic N) is 2. The molecule has 30 heavy (non-hydrogen) atoms. The maximum absolute atomic E-state index is 6.07. The Labute approximate surface area is 172 Å². The van der Waals surface area contributed by atoms with Crippen LogP contribution in [-0.4, -0.2) is 9.97 Å². The van der Waals surface area contributed by atoms with E-state index in [1.165, 1.54) is 0 Å². The molecule has 2 aromatic heterocycles. The van der Waals surface area contributed by atoms with Crippen LogP contribution in [0, 0.1) is 13.8 Å². The molecule has 0 radical (unpaired) electrons. The van der Waals surface area contributed by atoms with Crippen LogP contribution in [0.4, 0.5) is 0 Å². The Morgan fingerprint density at radius 1 is 0.633 bits per heavy atom. The molecule has 4 aromatic carbocycles. The van der Waals surface area contributed by atoms with Crippen LogP contribution in [0.15, 0.2) is 81.6 Å². The number of oxazole rings is 2.